The monoisotopic (exact) mass is 427 g/mol. The van der Waals surface area contributed by atoms with Crippen LogP contribution in [0, 0.1) is 11.3 Å². The molecule has 0 fully saturated rings. The van der Waals surface area contributed by atoms with Gasteiger partial charge in [-0.25, -0.2) is 0 Å². The number of carbonyl (C=O) groups is 3. The first-order valence-electron chi connectivity index (χ1n) is 10.2. The summed E-state index contributed by atoms with van der Waals surface area (Å²) in [6.07, 6.45) is 3.33. The van der Waals surface area contributed by atoms with Crippen LogP contribution in [0.15, 0.2) is 36.4 Å². The Morgan fingerprint density at radius 3 is 2.50 bits per heavy atom. The van der Waals surface area contributed by atoms with Crippen molar-refractivity contribution in [2.45, 2.75) is 46.5 Å². The fourth-order valence-corrected chi connectivity index (χ4v) is 4.73. The lowest BCUT2D eigenvalue weighted by Crippen LogP contribution is -2.46. The molecule has 7 heteroatoms. The van der Waals surface area contributed by atoms with Gasteiger partial charge in [-0.1, -0.05) is 51.1 Å². The van der Waals surface area contributed by atoms with Crippen LogP contribution in [0.5, 0.6) is 0 Å². The highest BCUT2D eigenvalue weighted by Gasteiger charge is 2.30. The van der Waals surface area contributed by atoms with Crippen molar-refractivity contribution in [1.82, 2.24) is 16.2 Å². The topological polar surface area (TPSA) is 87.3 Å². The molecule has 1 aromatic carbocycles. The molecule has 1 aliphatic carbocycles. The average Bonchev–Trinajstić information content (AvgIpc) is 3.14. The Labute approximate surface area is 181 Å². The second kappa shape index (κ2) is 9.43. The molecule has 1 atom stereocenters. The SMILES string of the molecule is CC(C)(C)[C@@H]1CCc2sc(C(=O)NNC(=O)CNC(=O)Cc3ccccc3)cc2C1. The van der Waals surface area contributed by atoms with Crippen molar-refractivity contribution in [2.75, 3.05) is 6.54 Å². The number of hydrazine groups is 1. The van der Waals surface area contributed by atoms with E-state index < -0.39 is 5.91 Å². The van der Waals surface area contributed by atoms with E-state index in [1.165, 1.54) is 21.8 Å². The number of nitrogens with one attached hydrogen (secondary N) is 3. The van der Waals surface area contributed by atoms with Gasteiger partial charge < -0.3 is 5.32 Å². The third-order valence-corrected chi connectivity index (χ3v) is 6.74. The normalized spacial score (nSPS) is 15.8. The molecule has 6 nitrogen and oxygen atoms in total. The average molecular weight is 428 g/mol. The lowest BCUT2D eigenvalue weighted by Gasteiger charge is -2.33. The fraction of sp³-hybridized carbons (Fsp3) is 0.435. The molecular weight excluding hydrogens is 398 g/mol. The predicted molar refractivity (Wildman–Crippen MR) is 118 cm³/mol. The lowest BCUT2D eigenvalue weighted by atomic mass is 9.72. The first-order valence-corrected chi connectivity index (χ1v) is 11.1. The van der Waals surface area contributed by atoms with E-state index in [9.17, 15) is 14.4 Å². The number of rotatable bonds is 5. The van der Waals surface area contributed by atoms with Crippen molar-refractivity contribution in [3.05, 3.63) is 57.3 Å². The number of amides is 3. The molecule has 0 saturated heterocycles. The molecular formula is C23H29N3O3S. The molecule has 1 aliphatic rings. The summed E-state index contributed by atoms with van der Waals surface area (Å²) in [4.78, 5) is 38.1. The van der Waals surface area contributed by atoms with Gasteiger partial charge >= 0.3 is 0 Å². The summed E-state index contributed by atoms with van der Waals surface area (Å²) in [7, 11) is 0. The first-order chi connectivity index (χ1) is 14.2. The minimum Gasteiger partial charge on any atom is -0.347 e. The molecule has 3 N–H and O–H groups in total. The van der Waals surface area contributed by atoms with E-state index in [4.69, 9.17) is 0 Å². The zero-order valence-electron chi connectivity index (χ0n) is 17.7. The molecule has 3 amide bonds. The van der Waals surface area contributed by atoms with E-state index >= 15 is 0 Å². The maximum atomic E-state index is 12.4. The molecule has 0 radical (unpaired) electrons. The number of thiophene rings is 1. The Hall–Kier alpha value is -2.67. The molecule has 0 spiro atoms. The van der Waals surface area contributed by atoms with Gasteiger partial charge in [0.2, 0.25) is 5.91 Å². The van der Waals surface area contributed by atoms with Crippen molar-refractivity contribution in [1.29, 1.82) is 0 Å². The van der Waals surface area contributed by atoms with Gasteiger partial charge in [-0.15, -0.1) is 11.3 Å². The van der Waals surface area contributed by atoms with Gasteiger partial charge in [0.1, 0.15) is 0 Å². The number of hydrogen-bond donors (Lipinski definition) is 3. The summed E-state index contributed by atoms with van der Waals surface area (Å²) >= 11 is 1.49. The number of fused-ring (bicyclic) bond motifs is 1. The van der Waals surface area contributed by atoms with Crippen LogP contribution >= 0.6 is 11.3 Å². The third-order valence-electron chi connectivity index (χ3n) is 5.50. The van der Waals surface area contributed by atoms with Gasteiger partial charge in [0.05, 0.1) is 17.8 Å². The van der Waals surface area contributed by atoms with Gasteiger partial charge in [0, 0.05) is 4.88 Å². The highest BCUT2D eigenvalue weighted by Crippen LogP contribution is 2.40. The molecule has 160 valence electrons. The third kappa shape index (κ3) is 5.92. The second-order valence-electron chi connectivity index (χ2n) is 8.81. The standard InChI is InChI=1S/C23H29N3O3S/c1-23(2,3)17-9-10-18-16(12-17)13-19(30-18)22(29)26-25-21(28)14-24-20(27)11-15-7-5-4-6-8-15/h4-8,13,17H,9-12,14H2,1-3H3,(H,24,27)(H,25,28)(H,26,29)/t17-/m1/s1. The van der Waals surface area contributed by atoms with Crippen LogP contribution in [-0.4, -0.2) is 24.3 Å². The van der Waals surface area contributed by atoms with Crippen LogP contribution in [0.1, 0.15) is 52.9 Å². The van der Waals surface area contributed by atoms with Crippen molar-refractivity contribution in [3.63, 3.8) is 0 Å². The summed E-state index contributed by atoms with van der Waals surface area (Å²) < 4.78 is 0. The largest absolute Gasteiger partial charge is 0.347 e. The molecule has 1 heterocycles. The van der Waals surface area contributed by atoms with Crippen LogP contribution in [0.4, 0.5) is 0 Å². The lowest BCUT2D eigenvalue weighted by molar-refractivity contribution is -0.126. The van der Waals surface area contributed by atoms with Crippen LogP contribution in [0.3, 0.4) is 0 Å². The van der Waals surface area contributed by atoms with Crippen molar-refractivity contribution in [2.24, 2.45) is 11.3 Å². The van der Waals surface area contributed by atoms with Gasteiger partial charge in [0.25, 0.3) is 11.8 Å². The second-order valence-corrected chi connectivity index (χ2v) is 9.94. The van der Waals surface area contributed by atoms with Crippen LogP contribution < -0.4 is 16.2 Å². The maximum absolute atomic E-state index is 12.4. The van der Waals surface area contributed by atoms with Gasteiger partial charge in [-0.2, -0.15) is 0 Å². The van der Waals surface area contributed by atoms with Crippen molar-refractivity contribution >= 4 is 29.1 Å². The highest BCUT2D eigenvalue weighted by atomic mass is 32.1. The molecule has 30 heavy (non-hydrogen) atoms. The first kappa shape index (κ1) is 22.0. The molecule has 0 unspecified atom stereocenters. The van der Waals surface area contributed by atoms with Crippen molar-refractivity contribution < 1.29 is 14.4 Å². The molecule has 1 aromatic heterocycles. The Morgan fingerprint density at radius 2 is 1.80 bits per heavy atom. The predicted octanol–water partition coefficient (Wildman–Crippen LogP) is 3.02. The molecule has 0 aliphatic heterocycles. The van der Waals surface area contributed by atoms with Crippen LogP contribution in [0.2, 0.25) is 0 Å². The molecule has 2 aromatic rings. The van der Waals surface area contributed by atoms with E-state index in [2.05, 4.69) is 36.9 Å². The van der Waals surface area contributed by atoms with Crippen molar-refractivity contribution in [3.8, 4) is 0 Å². The maximum Gasteiger partial charge on any atom is 0.279 e. The van der Waals surface area contributed by atoms with Crippen LogP contribution in [0.25, 0.3) is 0 Å². The summed E-state index contributed by atoms with van der Waals surface area (Å²) in [6.45, 7) is 6.59. The highest BCUT2D eigenvalue weighted by molar-refractivity contribution is 7.14. The number of carbonyl (C=O) groups excluding carboxylic acids is 3. The summed E-state index contributed by atoms with van der Waals surface area (Å²) in [5.74, 6) is -0.443. The number of hydrogen-bond acceptors (Lipinski definition) is 4. The summed E-state index contributed by atoms with van der Waals surface area (Å²) in [5.41, 5.74) is 7.18. The van der Waals surface area contributed by atoms with E-state index in [0.717, 1.165) is 24.8 Å². The van der Waals surface area contributed by atoms with Gasteiger partial charge in [-0.3, -0.25) is 25.2 Å². The Morgan fingerprint density at radius 1 is 1.07 bits per heavy atom. The van der Waals surface area contributed by atoms with E-state index in [0.29, 0.717) is 10.8 Å². The van der Waals surface area contributed by atoms with E-state index in [1.54, 1.807) is 0 Å². The molecule has 3 rings (SSSR count). The minimum atomic E-state index is -0.473. The zero-order chi connectivity index (χ0) is 21.7. The minimum absolute atomic E-state index is 0.194. The Kier molecular flexibility index (Phi) is 6.92. The zero-order valence-corrected chi connectivity index (χ0v) is 18.5. The van der Waals surface area contributed by atoms with E-state index in [1.807, 2.05) is 36.4 Å². The fourth-order valence-electron chi connectivity index (χ4n) is 3.63. The summed E-state index contributed by atoms with van der Waals surface area (Å²) in [6, 6.07) is 11.2. The van der Waals surface area contributed by atoms with Gasteiger partial charge in [0.15, 0.2) is 0 Å². The molecule has 0 saturated carbocycles. The number of benzene rings is 1. The summed E-state index contributed by atoms with van der Waals surface area (Å²) in [5, 5.41) is 2.55. The van der Waals surface area contributed by atoms with Gasteiger partial charge in [-0.05, 0) is 47.8 Å². The Balaban J connectivity index is 1.44. The van der Waals surface area contributed by atoms with Crippen LogP contribution in [-0.2, 0) is 28.9 Å². The Bertz CT molecular complexity index is 916. The smallest absolute Gasteiger partial charge is 0.279 e. The quantitative estimate of drug-likeness (QED) is 0.641. The number of aryl methyl sites for hydroxylation is 1. The van der Waals surface area contributed by atoms with E-state index in [-0.39, 0.29) is 30.2 Å². The molecule has 0 bridgehead atoms.